The van der Waals surface area contributed by atoms with E-state index in [1.54, 1.807) is 6.20 Å². The van der Waals surface area contributed by atoms with Crippen LogP contribution in [0.5, 0.6) is 0 Å². The number of β-amino-alcohol motifs (C(OH)–C–C–N with tert-alkyl or cyclic N) is 1. The van der Waals surface area contributed by atoms with Gasteiger partial charge in [0, 0.05) is 32.0 Å². The molecule has 5 nitrogen and oxygen atoms in total. The summed E-state index contributed by atoms with van der Waals surface area (Å²) in [6.45, 7) is 2.53. The van der Waals surface area contributed by atoms with Crippen LogP contribution < -0.4 is 0 Å². The van der Waals surface area contributed by atoms with E-state index in [0.29, 0.717) is 0 Å². The Hall–Kier alpha value is -1.46. The largest absolute Gasteiger partial charge is 0.392 e. The van der Waals surface area contributed by atoms with Crippen molar-refractivity contribution in [2.75, 3.05) is 13.1 Å². The van der Waals surface area contributed by atoms with E-state index >= 15 is 0 Å². The molecule has 1 atom stereocenters. The van der Waals surface area contributed by atoms with E-state index in [4.69, 9.17) is 0 Å². The highest BCUT2D eigenvalue weighted by Gasteiger charge is 2.20. The first-order valence-electron chi connectivity index (χ1n) is 5.50. The van der Waals surface area contributed by atoms with E-state index in [1.807, 2.05) is 22.9 Å². The first-order valence-corrected chi connectivity index (χ1v) is 5.50. The van der Waals surface area contributed by atoms with Gasteiger partial charge in [-0.3, -0.25) is 9.30 Å². The van der Waals surface area contributed by atoms with Gasteiger partial charge >= 0.3 is 0 Å². The van der Waals surface area contributed by atoms with Gasteiger partial charge in [-0.25, -0.2) is 9.97 Å². The number of nitrogens with zero attached hydrogens (tertiary/aromatic N) is 4. The molecule has 0 radical (unpaired) electrons. The SMILES string of the molecule is O[C@H]1CCN(Cc2cnc3ncccn23)C1. The van der Waals surface area contributed by atoms with Crippen LogP contribution in [0.25, 0.3) is 5.78 Å². The average molecular weight is 218 g/mol. The first kappa shape index (κ1) is 9.74. The summed E-state index contributed by atoms with van der Waals surface area (Å²) in [6.07, 6.45) is 6.27. The summed E-state index contributed by atoms with van der Waals surface area (Å²) in [7, 11) is 0. The van der Waals surface area contributed by atoms with E-state index in [1.165, 1.54) is 0 Å². The third-order valence-electron chi connectivity index (χ3n) is 3.00. The first-order chi connectivity index (χ1) is 7.83. The third-order valence-corrected chi connectivity index (χ3v) is 3.00. The fourth-order valence-electron chi connectivity index (χ4n) is 2.18. The van der Waals surface area contributed by atoms with Crippen molar-refractivity contribution in [3.63, 3.8) is 0 Å². The molecule has 1 aliphatic rings. The molecule has 0 spiro atoms. The summed E-state index contributed by atoms with van der Waals surface area (Å²) in [6, 6.07) is 1.90. The standard InChI is InChI=1S/C11H14N4O/c16-10-2-5-14(8-10)7-9-6-13-11-12-3-1-4-15(9)11/h1,3-4,6,10,16H,2,5,7-8H2/t10-/m0/s1. The molecule has 3 rings (SSSR count). The summed E-state index contributed by atoms with van der Waals surface area (Å²) >= 11 is 0. The molecule has 1 saturated heterocycles. The zero-order chi connectivity index (χ0) is 11.0. The third kappa shape index (κ3) is 1.68. The summed E-state index contributed by atoms with van der Waals surface area (Å²) in [5, 5.41) is 9.47. The van der Waals surface area contributed by atoms with E-state index in [-0.39, 0.29) is 6.10 Å². The maximum absolute atomic E-state index is 9.47. The Morgan fingerprint density at radius 3 is 3.19 bits per heavy atom. The molecule has 2 aromatic heterocycles. The van der Waals surface area contributed by atoms with Crippen LogP contribution in [0.15, 0.2) is 24.7 Å². The number of likely N-dealkylation sites (tertiary alicyclic amines) is 1. The fourth-order valence-corrected chi connectivity index (χ4v) is 2.18. The molecule has 0 aromatic carbocycles. The monoisotopic (exact) mass is 218 g/mol. The maximum Gasteiger partial charge on any atom is 0.233 e. The van der Waals surface area contributed by atoms with Gasteiger partial charge in [-0.15, -0.1) is 0 Å². The molecule has 3 heterocycles. The highest BCUT2D eigenvalue weighted by Crippen LogP contribution is 2.13. The molecular weight excluding hydrogens is 204 g/mol. The van der Waals surface area contributed by atoms with Gasteiger partial charge < -0.3 is 5.11 Å². The normalized spacial score (nSPS) is 21.9. The maximum atomic E-state index is 9.47. The number of aliphatic hydroxyl groups excluding tert-OH is 1. The molecule has 5 heteroatoms. The highest BCUT2D eigenvalue weighted by atomic mass is 16.3. The summed E-state index contributed by atoms with van der Waals surface area (Å²) < 4.78 is 1.99. The molecule has 0 aliphatic carbocycles. The van der Waals surface area contributed by atoms with Crippen molar-refractivity contribution in [2.45, 2.75) is 19.1 Å². The molecule has 84 valence electrons. The molecule has 0 unspecified atom stereocenters. The van der Waals surface area contributed by atoms with Crippen LogP contribution in [0.4, 0.5) is 0 Å². The van der Waals surface area contributed by atoms with Crippen LogP contribution in [0, 0.1) is 0 Å². The number of hydrogen-bond donors (Lipinski definition) is 1. The van der Waals surface area contributed by atoms with Crippen LogP contribution in [0.3, 0.4) is 0 Å². The van der Waals surface area contributed by atoms with Gasteiger partial charge in [-0.2, -0.15) is 0 Å². The van der Waals surface area contributed by atoms with Crippen molar-refractivity contribution in [1.82, 2.24) is 19.3 Å². The summed E-state index contributed by atoms with van der Waals surface area (Å²) in [4.78, 5) is 10.7. The van der Waals surface area contributed by atoms with Gasteiger partial charge in [-0.1, -0.05) is 0 Å². The van der Waals surface area contributed by atoms with Crippen molar-refractivity contribution in [3.05, 3.63) is 30.4 Å². The van der Waals surface area contributed by atoms with Gasteiger partial charge in [0.2, 0.25) is 5.78 Å². The Balaban J connectivity index is 1.84. The molecular formula is C11H14N4O. The zero-order valence-electron chi connectivity index (χ0n) is 8.95. The highest BCUT2D eigenvalue weighted by molar-refractivity contribution is 5.30. The number of aliphatic hydroxyl groups is 1. The van der Waals surface area contributed by atoms with E-state index < -0.39 is 0 Å². The van der Waals surface area contributed by atoms with E-state index in [9.17, 15) is 5.11 Å². The molecule has 0 saturated carbocycles. The molecule has 1 N–H and O–H groups in total. The Labute approximate surface area is 93.4 Å². The number of aromatic nitrogens is 3. The van der Waals surface area contributed by atoms with E-state index in [0.717, 1.165) is 37.5 Å². The summed E-state index contributed by atoms with van der Waals surface area (Å²) in [5.74, 6) is 0.734. The molecule has 1 fully saturated rings. The second-order valence-electron chi connectivity index (χ2n) is 4.22. The smallest absolute Gasteiger partial charge is 0.233 e. The zero-order valence-corrected chi connectivity index (χ0v) is 8.95. The van der Waals surface area contributed by atoms with Crippen molar-refractivity contribution in [3.8, 4) is 0 Å². The number of imidazole rings is 1. The predicted octanol–water partition coefficient (Wildman–Crippen LogP) is 0.296. The molecule has 16 heavy (non-hydrogen) atoms. The lowest BCUT2D eigenvalue weighted by Crippen LogP contribution is -2.22. The minimum absolute atomic E-state index is 0.169. The fraction of sp³-hybridized carbons (Fsp3) is 0.455. The Kier molecular flexibility index (Phi) is 2.34. The molecule has 0 bridgehead atoms. The lowest BCUT2D eigenvalue weighted by molar-refractivity contribution is 0.174. The van der Waals surface area contributed by atoms with Crippen LogP contribution >= 0.6 is 0 Å². The van der Waals surface area contributed by atoms with E-state index in [2.05, 4.69) is 14.9 Å². The lowest BCUT2D eigenvalue weighted by atomic mass is 10.3. The van der Waals surface area contributed by atoms with Crippen molar-refractivity contribution < 1.29 is 5.11 Å². The Morgan fingerprint density at radius 1 is 1.44 bits per heavy atom. The van der Waals surface area contributed by atoms with Crippen molar-refractivity contribution >= 4 is 5.78 Å². The average Bonchev–Trinajstić information content (AvgIpc) is 2.87. The van der Waals surface area contributed by atoms with Gasteiger partial charge in [0.25, 0.3) is 0 Å². The second-order valence-corrected chi connectivity index (χ2v) is 4.22. The van der Waals surface area contributed by atoms with Crippen LogP contribution in [-0.2, 0) is 6.54 Å². The minimum atomic E-state index is -0.169. The van der Waals surface area contributed by atoms with Gasteiger partial charge in [0.15, 0.2) is 0 Å². The quantitative estimate of drug-likeness (QED) is 0.787. The topological polar surface area (TPSA) is 53.7 Å². The van der Waals surface area contributed by atoms with Gasteiger partial charge in [-0.05, 0) is 12.5 Å². The van der Waals surface area contributed by atoms with Crippen LogP contribution in [0.2, 0.25) is 0 Å². The number of hydrogen-bond acceptors (Lipinski definition) is 4. The Bertz CT molecular complexity index is 495. The van der Waals surface area contributed by atoms with Crippen LogP contribution in [0.1, 0.15) is 12.1 Å². The Morgan fingerprint density at radius 2 is 2.38 bits per heavy atom. The number of fused-ring (bicyclic) bond motifs is 1. The molecule has 0 amide bonds. The van der Waals surface area contributed by atoms with Crippen LogP contribution in [-0.4, -0.2) is 43.6 Å². The van der Waals surface area contributed by atoms with Crippen molar-refractivity contribution in [1.29, 1.82) is 0 Å². The molecule has 1 aliphatic heterocycles. The van der Waals surface area contributed by atoms with Crippen molar-refractivity contribution in [2.24, 2.45) is 0 Å². The molecule has 2 aromatic rings. The second kappa shape index (κ2) is 3.84. The summed E-state index contributed by atoms with van der Waals surface area (Å²) in [5.41, 5.74) is 1.12. The number of rotatable bonds is 2. The predicted molar refractivity (Wildman–Crippen MR) is 58.9 cm³/mol. The van der Waals surface area contributed by atoms with Gasteiger partial charge in [0.1, 0.15) is 0 Å². The minimum Gasteiger partial charge on any atom is -0.392 e. The van der Waals surface area contributed by atoms with Gasteiger partial charge in [0.05, 0.1) is 18.0 Å². The lowest BCUT2D eigenvalue weighted by Gasteiger charge is -2.13.